The number of amidine groups is 1. The minimum absolute atomic E-state index is 0.139. The molecule has 3 rings (SSSR count). The molecule has 0 bridgehead atoms. The quantitative estimate of drug-likeness (QED) is 0.680. The average molecular weight is 469 g/mol. The lowest BCUT2D eigenvalue weighted by molar-refractivity contribution is -0.165. The molecular weight excluding hydrogens is 435 g/mol. The van der Waals surface area contributed by atoms with Crippen molar-refractivity contribution >= 4 is 23.0 Å². The van der Waals surface area contributed by atoms with E-state index in [-0.39, 0.29) is 18.6 Å². The number of rotatable bonds is 6. The van der Waals surface area contributed by atoms with Crippen LogP contribution in [-0.2, 0) is 20.8 Å². The minimum atomic E-state index is -0.727. The van der Waals surface area contributed by atoms with E-state index < -0.39 is 42.1 Å². The maximum Gasteiger partial charge on any atom is 0.416 e. The van der Waals surface area contributed by atoms with Crippen molar-refractivity contribution < 1.29 is 28.5 Å². The Bertz CT molecular complexity index is 801. The molecule has 1 fully saturated rings. The van der Waals surface area contributed by atoms with Crippen LogP contribution in [0.5, 0.6) is 0 Å². The molecule has 1 saturated heterocycles. The van der Waals surface area contributed by atoms with Gasteiger partial charge in [-0.05, 0) is 33.3 Å². The van der Waals surface area contributed by atoms with Gasteiger partial charge in [-0.2, -0.15) is 0 Å². The average Bonchev–Trinajstić information content (AvgIpc) is 3.13. The number of hydrogen-bond acceptors (Lipinski definition) is 7. The van der Waals surface area contributed by atoms with Crippen LogP contribution in [0, 0.1) is 5.92 Å². The van der Waals surface area contributed by atoms with Gasteiger partial charge in [0.2, 0.25) is 0 Å². The summed E-state index contributed by atoms with van der Waals surface area (Å²) in [7, 11) is 0. The number of benzene rings is 1. The summed E-state index contributed by atoms with van der Waals surface area (Å²) in [5, 5.41) is 10.6. The molecular formula is C23H33FN2O5S. The van der Waals surface area contributed by atoms with Crippen LogP contribution in [0.25, 0.3) is 0 Å². The summed E-state index contributed by atoms with van der Waals surface area (Å²) in [6.45, 7) is 8.43. The summed E-state index contributed by atoms with van der Waals surface area (Å²) in [6.07, 6.45) is -2.15. The van der Waals surface area contributed by atoms with Gasteiger partial charge in [0, 0.05) is 5.92 Å². The third-order valence-electron chi connectivity index (χ3n) is 5.34. The first kappa shape index (κ1) is 25.0. The number of nitrogens with zero attached hydrogens (tertiary/aromatic N) is 2. The molecule has 6 atom stereocenters. The van der Waals surface area contributed by atoms with Crippen molar-refractivity contribution in [3.63, 3.8) is 0 Å². The number of aliphatic hydroxyl groups is 1. The monoisotopic (exact) mass is 468 g/mol. The number of amides is 1. The van der Waals surface area contributed by atoms with Crippen LogP contribution in [0.15, 0.2) is 35.3 Å². The molecule has 2 heterocycles. The maximum absolute atomic E-state index is 13.3. The van der Waals surface area contributed by atoms with Gasteiger partial charge < -0.3 is 19.3 Å². The van der Waals surface area contributed by atoms with E-state index in [2.05, 4.69) is 0 Å². The Kier molecular flexibility index (Phi) is 8.19. The predicted octanol–water partition coefficient (Wildman–Crippen LogP) is 3.99. The zero-order valence-electron chi connectivity index (χ0n) is 19.2. The van der Waals surface area contributed by atoms with Crippen molar-refractivity contribution in [2.75, 3.05) is 13.2 Å². The van der Waals surface area contributed by atoms with E-state index in [1.807, 2.05) is 37.3 Å². The van der Waals surface area contributed by atoms with Crippen LogP contribution in [0.1, 0.15) is 40.2 Å². The fourth-order valence-electron chi connectivity index (χ4n) is 3.88. The highest BCUT2D eigenvalue weighted by Crippen LogP contribution is 2.42. The zero-order chi connectivity index (χ0) is 23.5. The number of ether oxygens (including phenoxy) is 3. The van der Waals surface area contributed by atoms with Crippen molar-refractivity contribution in [1.29, 1.82) is 0 Å². The Labute approximate surface area is 193 Å². The van der Waals surface area contributed by atoms with Crippen molar-refractivity contribution in [3.8, 4) is 0 Å². The summed E-state index contributed by atoms with van der Waals surface area (Å²) in [6, 6.07) is 9.41. The molecule has 1 unspecified atom stereocenters. The summed E-state index contributed by atoms with van der Waals surface area (Å²) in [4.78, 5) is 18.6. The van der Waals surface area contributed by atoms with Gasteiger partial charge in [0.25, 0.3) is 0 Å². The Morgan fingerprint density at radius 1 is 1.34 bits per heavy atom. The van der Waals surface area contributed by atoms with Crippen molar-refractivity contribution in [3.05, 3.63) is 35.9 Å². The van der Waals surface area contributed by atoms with Gasteiger partial charge in [0.1, 0.15) is 23.8 Å². The molecule has 32 heavy (non-hydrogen) atoms. The lowest BCUT2D eigenvalue weighted by Crippen LogP contribution is -2.54. The highest BCUT2D eigenvalue weighted by atomic mass is 32.2. The first-order valence-electron chi connectivity index (χ1n) is 10.9. The second-order valence-electron chi connectivity index (χ2n) is 9.17. The Hall–Kier alpha value is -1.68. The van der Waals surface area contributed by atoms with Gasteiger partial charge >= 0.3 is 6.09 Å². The molecule has 9 heteroatoms. The Morgan fingerprint density at radius 2 is 2.03 bits per heavy atom. The predicted molar refractivity (Wildman–Crippen MR) is 122 cm³/mol. The number of carbonyl (C=O) groups excluding carboxylic acids is 1. The highest BCUT2D eigenvalue weighted by molar-refractivity contribution is 8.14. The Balaban J connectivity index is 1.83. The second-order valence-corrected chi connectivity index (χ2v) is 10.2. The summed E-state index contributed by atoms with van der Waals surface area (Å²) in [5.74, 6) is -0.139. The topological polar surface area (TPSA) is 80.6 Å². The number of aliphatic hydroxyl groups excluding tert-OH is 1. The molecule has 1 aromatic rings. The molecule has 1 aromatic carbocycles. The smallest absolute Gasteiger partial charge is 0.416 e. The van der Waals surface area contributed by atoms with Crippen LogP contribution in [0.3, 0.4) is 0 Å². The normalized spacial score (nSPS) is 28.6. The van der Waals surface area contributed by atoms with E-state index in [9.17, 15) is 14.3 Å². The number of carbonyl (C=O) groups is 1. The fraction of sp³-hybridized carbons (Fsp3) is 0.652. The molecule has 1 amide bonds. The van der Waals surface area contributed by atoms with Gasteiger partial charge in [-0.3, -0.25) is 9.89 Å². The maximum atomic E-state index is 13.3. The standard InChI is InChI=1S/C23H33FN2O5S/c1-14-18(15(2)27)30-20-17(19(14)29-13-16-9-7-6-8-10-16)25-21(32-20)26(12-11-24)22(28)31-23(3,4)5/h6-10,14-15,17-20,27H,11-13H2,1-5H3/t14-,15?,17-,18+,19+,20-/m1/s1. The lowest BCUT2D eigenvalue weighted by Gasteiger charge is -2.42. The molecule has 0 aliphatic carbocycles. The fourth-order valence-corrected chi connectivity index (χ4v) is 5.10. The van der Waals surface area contributed by atoms with Gasteiger partial charge in [-0.1, -0.05) is 49.0 Å². The molecule has 0 aromatic heterocycles. The lowest BCUT2D eigenvalue weighted by atomic mass is 9.87. The van der Waals surface area contributed by atoms with Crippen molar-refractivity contribution in [1.82, 2.24) is 4.90 Å². The number of fused-ring (bicyclic) bond motifs is 1. The van der Waals surface area contributed by atoms with Gasteiger partial charge in [-0.25, -0.2) is 9.18 Å². The molecule has 7 nitrogen and oxygen atoms in total. The van der Waals surface area contributed by atoms with E-state index in [0.29, 0.717) is 11.8 Å². The largest absolute Gasteiger partial charge is 0.443 e. The SMILES string of the molecule is CC(O)[C@H]1O[C@@H]2SC(N(CCF)C(=O)OC(C)(C)C)=N[C@@H]2[C@@H](OCc2ccccc2)[C@@H]1C. The molecule has 2 aliphatic rings. The van der Waals surface area contributed by atoms with Gasteiger partial charge in [0.05, 0.1) is 31.5 Å². The summed E-state index contributed by atoms with van der Waals surface area (Å²) < 4.78 is 31.2. The van der Waals surface area contributed by atoms with Gasteiger partial charge in [-0.15, -0.1) is 0 Å². The van der Waals surface area contributed by atoms with E-state index >= 15 is 0 Å². The summed E-state index contributed by atoms with van der Waals surface area (Å²) >= 11 is 1.24. The van der Waals surface area contributed by atoms with E-state index in [1.165, 1.54) is 16.7 Å². The van der Waals surface area contributed by atoms with Crippen LogP contribution in [-0.4, -0.2) is 69.9 Å². The minimum Gasteiger partial charge on any atom is -0.443 e. The molecule has 2 aliphatic heterocycles. The number of hydrogen-bond donors (Lipinski definition) is 1. The van der Waals surface area contributed by atoms with Crippen molar-refractivity contribution in [2.24, 2.45) is 10.9 Å². The number of halogens is 1. The third kappa shape index (κ3) is 6.01. The van der Waals surface area contributed by atoms with E-state index in [0.717, 1.165) is 5.56 Å². The molecule has 0 spiro atoms. The van der Waals surface area contributed by atoms with Crippen LogP contribution in [0.2, 0.25) is 0 Å². The first-order chi connectivity index (χ1) is 15.1. The summed E-state index contributed by atoms with van der Waals surface area (Å²) in [5.41, 5.74) is -0.142. The van der Waals surface area contributed by atoms with E-state index in [4.69, 9.17) is 19.2 Å². The van der Waals surface area contributed by atoms with Crippen LogP contribution in [0.4, 0.5) is 9.18 Å². The zero-order valence-corrected chi connectivity index (χ0v) is 20.0. The number of alkyl halides is 1. The van der Waals surface area contributed by atoms with Crippen LogP contribution < -0.4 is 0 Å². The van der Waals surface area contributed by atoms with Crippen LogP contribution >= 0.6 is 11.8 Å². The van der Waals surface area contributed by atoms with Crippen molar-refractivity contribution in [2.45, 2.75) is 76.6 Å². The highest BCUT2D eigenvalue weighted by Gasteiger charge is 2.50. The van der Waals surface area contributed by atoms with E-state index in [1.54, 1.807) is 27.7 Å². The molecule has 178 valence electrons. The first-order valence-corrected chi connectivity index (χ1v) is 11.8. The molecule has 0 radical (unpaired) electrons. The molecule has 0 saturated carbocycles. The molecule has 1 N–H and O–H groups in total. The Morgan fingerprint density at radius 3 is 2.62 bits per heavy atom. The number of aliphatic imine (C=N–C) groups is 1. The number of thioether (sulfide) groups is 1. The van der Waals surface area contributed by atoms with Gasteiger partial charge in [0.15, 0.2) is 5.17 Å². The second kappa shape index (κ2) is 10.5. The third-order valence-corrected chi connectivity index (χ3v) is 6.50.